The molecule has 4 heteroatoms. The van der Waals surface area contributed by atoms with E-state index in [2.05, 4.69) is 21.3 Å². The van der Waals surface area contributed by atoms with Crippen molar-refractivity contribution in [2.24, 2.45) is 5.41 Å². The first-order valence-corrected chi connectivity index (χ1v) is 6.13. The van der Waals surface area contributed by atoms with E-state index >= 15 is 0 Å². The van der Waals surface area contributed by atoms with Gasteiger partial charge in [0, 0.05) is 32.4 Å². The van der Waals surface area contributed by atoms with Gasteiger partial charge in [-0.3, -0.25) is 0 Å². The number of nitrogens with one attached hydrogen (secondary N) is 1. The molecule has 4 nitrogen and oxygen atoms in total. The summed E-state index contributed by atoms with van der Waals surface area (Å²) in [5.41, 5.74) is 1.20. The average molecular weight is 228 g/mol. The minimum atomic E-state index is 0.573. The first-order valence-electron chi connectivity index (χ1n) is 6.13. The number of hydrogen-bond donors (Lipinski definition) is 1. The van der Waals surface area contributed by atoms with Crippen LogP contribution in [0, 0.1) is 16.7 Å². The number of piperidine rings is 1. The maximum absolute atomic E-state index is 8.74. The SMILES string of the molecule is N#Cc1ccc(N2CCC3(CC2)CNC3)nc1. The third kappa shape index (κ3) is 1.87. The first-order chi connectivity index (χ1) is 8.31. The highest BCUT2D eigenvalue weighted by atomic mass is 15.2. The highest BCUT2D eigenvalue weighted by Crippen LogP contribution is 2.35. The van der Waals surface area contributed by atoms with Gasteiger partial charge in [-0.15, -0.1) is 0 Å². The van der Waals surface area contributed by atoms with Gasteiger partial charge in [-0.2, -0.15) is 5.26 Å². The summed E-state index contributed by atoms with van der Waals surface area (Å²) >= 11 is 0. The van der Waals surface area contributed by atoms with E-state index in [1.807, 2.05) is 12.1 Å². The van der Waals surface area contributed by atoms with E-state index in [1.165, 1.54) is 25.9 Å². The molecule has 0 bridgehead atoms. The second-order valence-electron chi connectivity index (χ2n) is 5.11. The third-order valence-corrected chi connectivity index (χ3v) is 4.03. The summed E-state index contributed by atoms with van der Waals surface area (Å²) in [7, 11) is 0. The minimum absolute atomic E-state index is 0.573. The molecule has 1 spiro atoms. The Morgan fingerprint density at radius 2 is 2.06 bits per heavy atom. The molecule has 2 aliphatic heterocycles. The highest BCUT2D eigenvalue weighted by molar-refractivity contribution is 5.42. The molecule has 2 saturated heterocycles. The van der Waals surface area contributed by atoms with Gasteiger partial charge in [0.05, 0.1) is 5.56 Å². The van der Waals surface area contributed by atoms with Gasteiger partial charge < -0.3 is 10.2 Å². The van der Waals surface area contributed by atoms with E-state index in [9.17, 15) is 0 Å². The zero-order valence-electron chi connectivity index (χ0n) is 9.82. The fourth-order valence-electron chi connectivity index (χ4n) is 2.68. The normalized spacial score (nSPS) is 21.9. The average Bonchev–Trinajstić information content (AvgIpc) is 2.37. The van der Waals surface area contributed by atoms with Crippen LogP contribution in [0.4, 0.5) is 5.82 Å². The number of rotatable bonds is 1. The van der Waals surface area contributed by atoms with E-state index < -0.39 is 0 Å². The number of nitriles is 1. The summed E-state index contributed by atoms with van der Waals surface area (Å²) in [5, 5.41) is 12.1. The van der Waals surface area contributed by atoms with E-state index in [1.54, 1.807) is 6.20 Å². The number of anilines is 1. The summed E-state index contributed by atoms with van der Waals surface area (Å²) in [6.07, 6.45) is 4.16. The Morgan fingerprint density at radius 1 is 1.29 bits per heavy atom. The molecule has 0 aliphatic carbocycles. The van der Waals surface area contributed by atoms with Crippen molar-refractivity contribution in [1.82, 2.24) is 10.3 Å². The Morgan fingerprint density at radius 3 is 2.53 bits per heavy atom. The summed E-state index contributed by atoms with van der Waals surface area (Å²) in [6.45, 7) is 4.53. The lowest BCUT2D eigenvalue weighted by Gasteiger charge is -2.48. The van der Waals surface area contributed by atoms with Gasteiger partial charge in [0.2, 0.25) is 0 Å². The maximum atomic E-state index is 8.74. The van der Waals surface area contributed by atoms with Crippen molar-refractivity contribution in [3.05, 3.63) is 23.9 Å². The quantitative estimate of drug-likeness (QED) is 0.783. The lowest BCUT2D eigenvalue weighted by atomic mass is 9.73. The van der Waals surface area contributed by atoms with Crippen LogP contribution < -0.4 is 10.2 Å². The lowest BCUT2D eigenvalue weighted by Crippen LogP contribution is -2.58. The zero-order valence-corrected chi connectivity index (χ0v) is 9.82. The minimum Gasteiger partial charge on any atom is -0.357 e. The Kier molecular flexibility index (Phi) is 2.49. The number of aromatic nitrogens is 1. The molecule has 0 unspecified atom stereocenters. The van der Waals surface area contributed by atoms with Crippen LogP contribution in [-0.2, 0) is 0 Å². The fraction of sp³-hybridized carbons (Fsp3) is 0.538. The fourth-order valence-corrected chi connectivity index (χ4v) is 2.68. The topological polar surface area (TPSA) is 52.0 Å². The van der Waals surface area contributed by atoms with Crippen LogP contribution in [0.5, 0.6) is 0 Å². The predicted molar refractivity (Wildman–Crippen MR) is 65.7 cm³/mol. The Hall–Kier alpha value is -1.60. The van der Waals surface area contributed by atoms with Crippen LogP contribution in [0.1, 0.15) is 18.4 Å². The van der Waals surface area contributed by atoms with Gasteiger partial charge in [-0.05, 0) is 30.4 Å². The van der Waals surface area contributed by atoms with Crippen LogP contribution in [-0.4, -0.2) is 31.2 Å². The largest absolute Gasteiger partial charge is 0.357 e. The van der Waals surface area contributed by atoms with Crippen molar-refractivity contribution in [3.63, 3.8) is 0 Å². The van der Waals surface area contributed by atoms with Crippen LogP contribution in [0.2, 0.25) is 0 Å². The molecule has 0 saturated carbocycles. The van der Waals surface area contributed by atoms with Gasteiger partial charge in [-0.25, -0.2) is 4.98 Å². The molecule has 1 N–H and O–H groups in total. The molecule has 3 rings (SSSR count). The number of nitrogens with zero attached hydrogens (tertiary/aromatic N) is 3. The molecule has 2 fully saturated rings. The molecule has 0 radical (unpaired) electrons. The Balaban J connectivity index is 1.67. The van der Waals surface area contributed by atoms with Crippen LogP contribution in [0.25, 0.3) is 0 Å². The maximum Gasteiger partial charge on any atom is 0.128 e. The predicted octanol–water partition coefficient (Wildman–Crippen LogP) is 1.14. The highest BCUT2D eigenvalue weighted by Gasteiger charge is 2.39. The van der Waals surface area contributed by atoms with Crippen LogP contribution in [0.15, 0.2) is 18.3 Å². The molecule has 0 atom stereocenters. The van der Waals surface area contributed by atoms with Gasteiger partial charge in [-0.1, -0.05) is 0 Å². The van der Waals surface area contributed by atoms with Crippen molar-refractivity contribution in [3.8, 4) is 6.07 Å². The van der Waals surface area contributed by atoms with E-state index in [0.717, 1.165) is 18.9 Å². The molecule has 3 heterocycles. The van der Waals surface area contributed by atoms with Gasteiger partial charge in [0.1, 0.15) is 11.9 Å². The second-order valence-corrected chi connectivity index (χ2v) is 5.11. The van der Waals surface area contributed by atoms with Crippen molar-refractivity contribution in [2.45, 2.75) is 12.8 Å². The second kappa shape index (κ2) is 4.01. The Labute approximate surface area is 101 Å². The molecular formula is C13H16N4. The lowest BCUT2D eigenvalue weighted by molar-refractivity contribution is 0.126. The summed E-state index contributed by atoms with van der Waals surface area (Å²) in [5.74, 6) is 1.01. The molecule has 1 aromatic rings. The molecule has 0 amide bonds. The molecule has 88 valence electrons. The number of hydrogen-bond acceptors (Lipinski definition) is 4. The van der Waals surface area contributed by atoms with Gasteiger partial charge >= 0.3 is 0 Å². The van der Waals surface area contributed by atoms with Crippen molar-refractivity contribution < 1.29 is 0 Å². The summed E-state index contributed by atoms with van der Waals surface area (Å²) < 4.78 is 0. The molecule has 1 aromatic heterocycles. The smallest absolute Gasteiger partial charge is 0.128 e. The van der Waals surface area contributed by atoms with Gasteiger partial charge in [0.15, 0.2) is 0 Å². The molecular weight excluding hydrogens is 212 g/mol. The summed E-state index contributed by atoms with van der Waals surface area (Å²) in [6, 6.07) is 5.90. The zero-order chi connectivity index (χ0) is 11.7. The summed E-state index contributed by atoms with van der Waals surface area (Å²) in [4.78, 5) is 6.68. The first kappa shape index (κ1) is 10.5. The van der Waals surface area contributed by atoms with Crippen molar-refractivity contribution in [1.29, 1.82) is 5.26 Å². The third-order valence-electron chi connectivity index (χ3n) is 4.03. The van der Waals surface area contributed by atoms with Gasteiger partial charge in [0.25, 0.3) is 0 Å². The molecule has 2 aliphatic rings. The Bertz CT molecular complexity index is 431. The van der Waals surface area contributed by atoms with Crippen LogP contribution in [0.3, 0.4) is 0 Å². The van der Waals surface area contributed by atoms with Crippen molar-refractivity contribution >= 4 is 5.82 Å². The molecule has 0 aromatic carbocycles. The standard InChI is InChI=1S/C13H16N4/c14-7-11-1-2-12(16-8-11)17-5-3-13(4-6-17)9-15-10-13/h1-2,8,15H,3-6,9-10H2. The van der Waals surface area contributed by atoms with E-state index in [-0.39, 0.29) is 0 Å². The van der Waals surface area contributed by atoms with Crippen LogP contribution >= 0.6 is 0 Å². The monoisotopic (exact) mass is 228 g/mol. The van der Waals surface area contributed by atoms with E-state index in [0.29, 0.717) is 11.0 Å². The molecule has 17 heavy (non-hydrogen) atoms. The van der Waals surface area contributed by atoms with E-state index in [4.69, 9.17) is 5.26 Å². The van der Waals surface area contributed by atoms with Crippen molar-refractivity contribution in [2.75, 3.05) is 31.1 Å². The number of pyridine rings is 1.